The molecule has 0 aromatic heterocycles. The van der Waals surface area contributed by atoms with Gasteiger partial charge in [0.1, 0.15) is 11.8 Å². The smallest absolute Gasteiger partial charge is 0.256 e. The van der Waals surface area contributed by atoms with Gasteiger partial charge in [-0.1, -0.05) is 50.3 Å². The summed E-state index contributed by atoms with van der Waals surface area (Å²) >= 11 is 5.85. The summed E-state index contributed by atoms with van der Waals surface area (Å²) in [5.41, 5.74) is 1.42. The maximum atomic E-state index is 13.6. The fraction of sp³-hybridized carbons (Fsp3) is 0.423. The van der Waals surface area contributed by atoms with E-state index in [1.807, 2.05) is 30.3 Å². The van der Waals surface area contributed by atoms with Crippen LogP contribution in [0.2, 0.25) is 0 Å². The molecule has 2 aromatic rings. The maximum absolute atomic E-state index is 13.6. The van der Waals surface area contributed by atoms with Crippen LogP contribution in [0.5, 0.6) is 5.75 Å². The third-order valence-corrected chi connectivity index (χ3v) is 6.88. The van der Waals surface area contributed by atoms with Gasteiger partial charge >= 0.3 is 0 Å². The van der Waals surface area contributed by atoms with Gasteiger partial charge in [0, 0.05) is 11.7 Å². The van der Waals surface area contributed by atoms with Crippen LogP contribution in [0.4, 0.5) is 11.4 Å². The van der Waals surface area contributed by atoms with Crippen molar-refractivity contribution in [1.82, 2.24) is 4.90 Å². The van der Waals surface area contributed by atoms with Crippen molar-refractivity contribution >= 4 is 40.5 Å². The Kier molecular flexibility index (Phi) is 7.60. The second-order valence-electron chi connectivity index (χ2n) is 8.69. The second-order valence-corrected chi connectivity index (χ2v) is 9.06. The third kappa shape index (κ3) is 5.36. The van der Waals surface area contributed by atoms with Crippen molar-refractivity contribution in [1.29, 1.82) is 0 Å². The quantitative estimate of drug-likeness (QED) is 0.599. The van der Waals surface area contributed by atoms with Gasteiger partial charge in [-0.15, -0.1) is 0 Å². The molecule has 1 saturated heterocycles. The van der Waals surface area contributed by atoms with Gasteiger partial charge in [-0.05, 0) is 61.5 Å². The van der Waals surface area contributed by atoms with Crippen LogP contribution in [-0.2, 0) is 9.59 Å². The Balaban J connectivity index is 1.56. The highest BCUT2D eigenvalue weighted by atomic mass is 32.1. The lowest BCUT2D eigenvalue weighted by molar-refractivity contribution is -0.125. The van der Waals surface area contributed by atoms with E-state index in [0.29, 0.717) is 10.8 Å². The molecular formula is C26H31N3O3S. The maximum Gasteiger partial charge on any atom is 0.256 e. The Bertz CT molecular complexity index is 972. The monoisotopic (exact) mass is 465 g/mol. The van der Waals surface area contributed by atoms with Crippen LogP contribution in [0.1, 0.15) is 51.4 Å². The fourth-order valence-corrected chi connectivity index (χ4v) is 5.27. The van der Waals surface area contributed by atoms with Gasteiger partial charge in [0.25, 0.3) is 5.91 Å². The number of benzene rings is 2. The zero-order valence-electron chi connectivity index (χ0n) is 19.0. The van der Waals surface area contributed by atoms with E-state index in [1.54, 1.807) is 36.3 Å². The number of methoxy groups -OCH3 is 1. The number of anilines is 2. The molecule has 2 fully saturated rings. The first kappa shape index (κ1) is 23.2. The highest BCUT2D eigenvalue weighted by Crippen LogP contribution is 2.33. The largest absolute Gasteiger partial charge is 0.497 e. The summed E-state index contributed by atoms with van der Waals surface area (Å²) in [5.74, 6) is 0.392. The molecule has 1 aliphatic carbocycles. The molecule has 33 heavy (non-hydrogen) atoms. The third-order valence-electron chi connectivity index (χ3n) is 6.49. The minimum Gasteiger partial charge on any atom is -0.497 e. The topological polar surface area (TPSA) is 61.9 Å². The Hall–Kier alpha value is -2.93. The summed E-state index contributed by atoms with van der Waals surface area (Å²) in [4.78, 5) is 30.3. The highest BCUT2D eigenvalue weighted by molar-refractivity contribution is 7.80. The minimum atomic E-state index is -0.597. The zero-order valence-corrected chi connectivity index (χ0v) is 19.9. The first-order valence-electron chi connectivity index (χ1n) is 11.7. The molecular weight excluding hydrogens is 434 g/mol. The summed E-state index contributed by atoms with van der Waals surface area (Å²) in [5, 5.41) is 3.43. The second kappa shape index (κ2) is 10.8. The van der Waals surface area contributed by atoms with Crippen molar-refractivity contribution < 1.29 is 14.3 Å². The summed E-state index contributed by atoms with van der Waals surface area (Å²) in [6.45, 7) is 0. The molecule has 1 atom stereocenters. The number of para-hydroxylation sites is 1. The molecule has 1 saturated carbocycles. The van der Waals surface area contributed by atoms with Crippen LogP contribution < -0.4 is 15.0 Å². The Morgan fingerprint density at radius 2 is 1.64 bits per heavy atom. The van der Waals surface area contributed by atoms with Crippen LogP contribution in [0.15, 0.2) is 54.6 Å². The zero-order chi connectivity index (χ0) is 23.2. The lowest BCUT2D eigenvalue weighted by Crippen LogP contribution is -2.45. The number of carbonyl (C=O) groups excluding carboxylic acids is 2. The molecule has 4 rings (SSSR count). The van der Waals surface area contributed by atoms with Crippen molar-refractivity contribution in [3.05, 3.63) is 54.6 Å². The Morgan fingerprint density at radius 1 is 1.00 bits per heavy atom. The van der Waals surface area contributed by atoms with Gasteiger partial charge in [0.05, 0.1) is 19.2 Å². The molecule has 0 radical (unpaired) electrons. The summed E-state index contributed by atoms with van der Waals surface area (Å²) in [7, 11) is 1.60. The van der Waals surface area contributed by atoms with Crippen LogP contribution in [0.25, 0.3) is 0 Å². The van der Waals surface area contributed by atoms with Gasteiger partial charge in [-0.25, -0.2) is 0 Å². The van der Waals surface area contributed by atoms with E-state index < -0.39 is 6.04 Å². The number of ether oxygens (including phenoxy) is 1. The predicted molar refractivity (Wildman–Crippen MR) is 135 cm³/mol. The number of hydrogen-bond donors (Lipinski definition) is 1. The van der Waals surface area contributed by atoms with Crippen LogP contribution >= 0.6 is 12.2 Å². The molecule has 7 heteroatoms. The first-order valence-corrected chi connectivity index (χ1v) is 12.1. The molecule has 2 amide bonds. The van der Waals surface area contributed by atoms with Crippen LogP contribution in [0, 0.1) is 0 Å². The van der Waals surface area contributed by atoms with Crippen molar-refractivity contribution in [2.75, 3.05) is 17.3 Å². The summed E-state index contributed by atoms with van der Waals surface area (Å²) < 4.78 is 5.18. The van der Waals surface area contributed by atoms with E-state index in [9.17, 15) is 9.59 Å². The molecule has 2 aliphatic rings. The van der Waals surface area contributed by atoms with Gasteiger partial charge in [-0.2, -0.15) is 0 Å². The van der Waals surface area contributed by atoms with Crippen molar-refractivity contribution in [3.8, 4) is 5.75 Å². The molecule has 1 N–H and O–H groups in total. The highest BCUT2D eigenvalue weighted by Gasteiger charge is 2.46. The van der Waals surface area contributed by atoms with Crippen molar-refractivity contribution in [3.63, 3.8) is 0 Å². The number of rotatable bonds is 6. The number of carbonyl (C=O) groups is 2. The summed E-state index contributed by atoms with van der Waals surface area (Å²) in [6.07, 6.45) is 7.96. The molecule has 0 unspecified atom stereocenters. The fourth-order valence-electron chi connectivity index (χ4n) is 4.80. The minimum absolute atomic E-state index is 0.0604. The van der Waals surface area contributed by atoms with E-state index in [4.69, 9.17) is 17.0 Å². The van der Waals surface area contributed by atoms with E-state index >= 15 is 0 Å². The van der Waals surface area contributed by atoms with Crippen molar-refractivity contribution in [2.24, 2.45) is 0 Å². The normalized spacial score (nSPS) is 19.8. The van der Waals surface area contributed by atoms with E-state index in [2.05, 4.69) is 10.2 Å². The van der Waals surface area contributed by atoms with E-state index in [0.717, 1.165) is 37.1 Å². The van der Waals surface area contributed by atoms with E-state index in [-0.39, 0.29) is 24.3 Å². The van der Waals surface area contributed by atoms with Gasteiger partial charge in [0.2, 0.25) is 5.91 Å². The number of nitrogens with one attached hydrogen (secondary N) is 1. The number of thiocarbonyl (C=S) groups is 1. The number of nitrogens with zero attached hydrogens (tertiary/aromatic N) is 2. The molecule has 1 heterocycles. The lowest BCUT2D eigenvalue weighted by atomic mass is 9.94. The van der Waals surface area contributed by atoms with Crippen LogP contribution in [0.3, 0.4) is 0 Å². The predicted octanol–water partition coefficient (Wildman–Crippen LogP) is 5.14. The molecule has 174 valence electrons. The lowest BCUT2D eigenvalue weighted by Gasteiger charge is -2.34. The SMILES string of the molecule is COc1ccc(NC(=O)C[C@@H]2C(=O)N(c3ccccc3)C(=S)N2C2CCCCCCC2)cc1. The van der Waals surface area contributed by atoms with Gasteiger partial charge < -0.3 is 15.0 Å². The average molecular weight is 466 g/mol. The Morgan fingerprint density at radius 3 is 2.27 bits per heavy atom. The number of amides is 2. The molecule has 2 aromatic carbocycles. The standard InChI is InChI=1S/C26H31N3O3S/c1-32-22-16-14-19(15-17-22)27-24(30)18-23-25(31)29(21-12-8-5-9-13-21)26(33)28(23)20-10-6-3-2-4-7-11-20/h5,8-9,12-17,20,23H,2-4,6-7,10-11,18H2,1H3,(H,27,30)/t23-/m1/s1. The molecule has 0 bridgehead atoms. The van der Waals surface area contributed by atoms with Crippen LogP contribution in [-0.4, -0.2) is 41.0 Å². The van der Waals surface area contributed by atoms with Gasteiger partial charge in [-0.3, -0.25) is 14.5 Å². The van der Waals surface area contributed by atoms with Gasteiger partial charge in [0.15, 0.2) is 5.11 Å². The van der Waals surface area contributed by atoms with E-state index in [1.165, 1.54) is 19.3 Å². The molecule has 0 spiro atoms. The molecule has 6 nitrogen and oxygen atoms in total. The average Bonchev–Trinajstić information content (AvgIpc) is 3.04. The Labute approximate surface area is 200 Å². The molecule has 1 aliphatic heterocycles. The summed E-state index contributed by atoms with van der Waals surface area (Å²) in [6, 6.07) is 16.2. The van der Waals surface area contributed by atoms with Crippen molar-refractivity contribution in [2.45, 2.75) is 63.5 Å². The number of hydrogen-bond acceptors (Lipinski definition) is 4. The first-order chi connectivity index (χ1) is 16.1.